The summed E-state index contributed by atoms with van der Waals surface area (Å²) < 4.78 is 31.8. The van der Waals surface area contributed by atoms with Crippen LogP contribution in [-0.2, 0) is 12.5 Å². The molecular formula is C29H27F2N7. The first-order valence-corrected chi connectivity index (χ1v) is 12.2. The van der Waals surface area contributed by atoms with Crippen LogP contribution in [0.25, 0.3) is 11.5 Å². The number of aromatic nitrogens is 4. The monoisotopic (exact) mass is 511 g/mol. The number of alkyl halides is 2. The average molecular weight is 512 g/mol. The Kier molecular flexibility index (Phi) is 6.83. The number of aryl methyl sites for hydroxylation is 1. The Balaban J connectivity index is 1.45. The first-order chi connectivity index (χ1) is 18.4. The zero-order valence-corrected chi connectivity index (χ0v) is 21.1. The van der Waals surface area contributed by atoms with Crippen LogP contribution in [0.5, 0.6) is 0 Å². The Labute approximate surface area is 219 Å². The predicted octanol–water partition coefficient (Wildman–Crippen LogP) is 5.82. The number of rotatable bonds is 9. The molecule has 0 atom stereocenters. The molecule has 1 aliphatic heterocycles. The van der Waals surface area contributed by atoms with E-state index in [-0.39, 0.29) is 11.3 Å². The third-order valence-corrected chi connectivity index (χ3v) is 6.32. The summed E-state index contributed by atoms with van der Waals surface area (Å²) in [7, 11) is 1.66. The van der Waals surface area contributed by atoms with E-state index in [1.54, 1.807) is 25.2 Å². The highest BCUT2D eigenvalue weighted by molar-refractivity contribution is 6.09. The van der Waals surface area contributed by atoms with E-state index >= 15 is 0 Å². The van der Waals surface area contributed by atoms with E-state index < -0.39 is 11.6 Å². The molecule has 3 heterocycles. The van der Waals surface area contributed by atoms with Crippen molar-refractivity contribution < 1.29 is 8.78 Å². The van der Waals surface area contributed by atoms with Gasteiger partial charge in [0.1, 0.15) is 11.4 Å². The number of benzene rings is 2. The molecule has 4 aromatic rings. The topological polar surface area (TPSA) is 80.0 Å². The second-order valence-electron chi connectivity index (χ2n) is 8.88. The Morgan fingerprint density at radius 3 is 2.58 bits per heavy atom. The highest BCUT2D eigenvalue weighted by Crippen LogP contribution is 2.36. The highest BCUT2D eigenvalue weighted by atomic mass is 19.3. The van der Waals surface area contributed by atoms with E-state index in [4.69, 9.17) is 5.10 Å². The van der Waals surface area contributed by atoms with Crippen molar-refractivity contribution in [1.82, 2.24) is 19.7 Å². The summed E-state index contributed by atoms with van der Waals surface area (Å²) in [6.45, 7) is 6.83. The standard InChI is InChI=1S/C29H27F2N7/c1-19-10-7-8-11-21(19)18-38-26(23-14-9-15-33-23)16-24(37-38)28-34-17-25(27(32-3)36-28)35-20(2)29(30,31)22-12-5-4-6-13-22/h4-14,16-17,35H,2,15,18H2,1,3H3,(H,32,34,36). The minimum Gasteiger partial charge on any atom is -0.371 e. The zero-order chi connectivity index (χ0) is 26.7. The molecule has 5 rings (SSSR count). The third kappa shape index (κ3) is 4.95. The smallest absolute Gasteiger partial charge is 0.312 e. The summed E-state index contributed by atoms with van der Waals surface area (Å²) in [5.74, 6) is -2.59. The lowest BCUT2D eigenvalue weighted by Gasteiger charge is -2.21. The lowest BCUT2D eigenvalue weighted by Crippen LogP contribution is -2.22. The Bertz CT molecular complexity index is 1540. The summed E-state index contributed by atoms with van der Waals surface area (Å²) in [6.07, 6.45) is 5.42. The molecule has 7 nitrogen and oxygen atoms in total. The molecule has 9 heteroatoms. The van der Waals surface area contributed by atoms with Gasteiger partial charge in [0, 0.05) is 12.6 Å². The third-order valence-electron chi connectivity index (χ3n) is 6.32. The van der Waals surface area contributed by atoms with Crippen molar-refractivity contribution in [2.24, 2.45) is 4.99 Å². The summed E-state index contributed by atoms with van der Waals surface area (Å²) in [4.78, 5) is 13.6. The van der Waals surface area contributed by atoms with Crippen molar-refractivity contribution in [3.05, 3.63) is 114 Å². The Morgan fingerprint density at radius 1 is 1.11 bits per heavy atom. The number of hydrogen-bond acceptors (Lipinski definition) is 6. The van der Waals surface area contributed by atoms with E-state index in [0.717, 1.165) is 22.5 Å². The van der Waals surface area contributed by atoms with Crippen LogP contribution < -0.4 is 10.6 Å². The minimum atomic E-state index is -3.29. The van der Waals surface area contributed by atoms with Gasteiger partial charge in [-0.2, -0.15) is 13.9 Å². The quantitative estimate of drug-likeness (QED) is 0.296. The molecule has 192 valence electrons. The van der Waals surface area contributed by atoms with E-state index in [2.05, 4.69) is 51.2 Å². The van der Waals surface area contributed by atoms with Crippen molar-refractivity contribution in [2.45, 2.75) is 19.4 Å². The molecule has 0 fully saturated rings. The van der Waals surface area contributed by atoms with Gasteiger partial charge in [-0.15, -0.1) is 0 Å². The van der Waals surface area contributed by atoms with Crippen LogP contribution in [0, 0.1) is 6.92 Å². The predicted molar refractivity (Wildman–Crippen MR) is 147 cm³/mol. The molecule has 0 spiro atoms. The van der Waals surface area contributed by atoms with Gasteiger partial charge in [0.05, 0.1) is 36.4 Å². The van der Waals surface area contributed by atoms with E-state index in [1.807, 2.05) is 35.0 Å². The second kappa shape index (κ2) is 10.4. The zero-order valence-electron chi connectivity index (χ0n) is 21.1. The lowest BCUT2D eigenvalue weighted by atomic mass is 10.1. The van der Waals surface area contributed by atoms with Gasteiger partial charge in [-0.3, -0.25) is 9.67 Å². The van der Waals surface area contributed by atoms with Crippen LogP contribution in [0.4, 0.5) is 20.3 Å². The van der Waals surface area contributed by atoms with E-state index in [0.29, 0.717) is 30.4 Å². The number of nitrogens with zero attached hydrogens (tertiary/aromatic N) is 5. The molecule has 1 aliphatic rings. The van der Waals surface area contributed by atoms with Gasteiger partial charge in [0.15, 0.2) is 11.6 Å². The normalized spacial score (nSPS) is 12.9. The number of hydrogen-bond donors (Lipinski definition) is 2. The maximum atomic E-state index is 15.0. The van der Waals surface area contributed by atoms with Gasteiger partial charge in [0.2, 0.25) is 0 Å². The molecule has 0 unspecified atom stereocenters. The average Bonchev–Trinajstić information content (AvgIpc) is 3.61. The fourth-order valence-corrected chi connectivity index (χ4v) is 4.19. The molecule has 0 aliphatic carbocycles. The molecule has 0 saturated heterocycles. The Hall–Kier alpha value is -4.66. The molecule has 38 heavy (non-hydrogen) atoms. The first-order valence-electron chi connectivity index (χ1n) is 12.2. The van der Waals surface area contributed by atoms with Gasteiger partial charge in [0.25, 0.3) is 0 Å². The second-order valence-corrected chi connectivity index (χ2v) is 8.88. The molecular weight excluding hydrogens is 484 g/mol. The number of aliphatic imine (C=N–C) groups is 1. The fraction of sp³-hybridized carbons (Fsp3) is 0.172. The maximum Gasteiger partial charge on any atom is 0.312 e. The van der Waals surface area contributed by atoms with Crippen molar-refractivity contribution in [2.75, 3.05) is 24.2 Å². The van der Waals surface area contributed by atoms with Crippen molar-refractivity contribution >= 4 is 17.2 Å². The van der Waals surface area contributed by atoms with E-state index in [9.17, 15) is 8.78 Å². The number of halogens is 2. The molecule has 2 aromatic carbocycles. The SMILES string of the molecule is C=C(Nc1cnc(-c2cc(C3=NCC=C3)n(Cc3ccccc3C)n2)nc1NC)C(F)(F)c1ccccc1. The van der Waals surface area contributed by atoms with Crippen molar-refractivity contribution in [1.29, 1.82) is 0 Å². The van der Waals surface area contributed by atoms with Gasteiger partial charge in [-0.05, 0) is 30.2 Å². The van der Waals surface area contributed by atoms with Gasteiger partial charge >= 0.3 is 5.92 Å². The lowest BCUT2D eigenvalue weighted by molar-refractivity contribution is 0.0398. The summed E-state index contributed by atoms with van der Waals surface area (Å²) in [5, 5.41) is 10.4. The van der Waals surface area contributed by atoms with Crippen LogP contribution in [0.1, 0.15) is 22.4 Å². The maximum absolute atomic E-state index is 15.0. The molecule has 2 aromatic heterocycles. The van der Waals surface area contributed by atoms with Gasteiger partial charge < -0.3 is 10.6 Å². The van der Waals surface area contributed by atoms with Crippen LogP contribution in [-0.4, -0.2) is 39.1 Å². The highest BCUT2D eigenvalue weighted by Gasteiger charge is 2.35. The largest absolute Gasteiger partial charge is 0.371 e. The minimum absolute atomic E-state index is 0.156. The number of anilines is 2. The Morgan fingerprint density at radius 2 is 1.87 bits per heavy atom. The van der Waals surface area contributed by atoms with Crippen LogP contribution >= 0.6 is 0 Å². The van der Waals surface area contributed by atoms with Crippen molar-refractivity contribution in [3.63, 3.8) is 0 Å². The van der Waals surface area contributed by atoms with E-state index in [1.165, 1.54) is 18.3 Å². The number of nitrogens with one attached hydrogen (secondary N) is 2. The molecule has 2 N–H and O–H groups in total. The van der Waals surface area contributed by atoms with Crippen molar-refractivity contribution in [3.8, 4) is 11.5 Å². The molecule has 0 amide bonds. The van der Waals surface area contributed by atoms with Crippen LogP contribution in [0.2, 0.25) is 0 Å². The summed E-state index contributed by atoms with van der Waals surface area (Å²) >= 11 is 0. The van der Waals surface area contributed by atoms with Crippen LogP contribution in [0.15, 0.2) is 96.3 Å². The van der Waals surface area contributed by atoms with Crippen LogP contribution in [0.3, 0.4) is 0 Å². The summed E-state index contributed by atoms with van der Waals surface area (Å²) in [5.41, 5.74) is 4.18. The molecule has 0 saturated carbocycles. The van der Waals surface area contributed by atoms with Gasteiger partial charge in [-0.1, -0.05) is 67.3 Å². The fourth-order valence-electron chi connectivity index (χ4n) is 4.19. The first kappa shape index (κ1) is 25.0. The molecule has 0 radical (unpaired) electrons. The number of allylic oxidation sites excluding steroid dienone is 2. The van der Waals surface area contributed by atoms with Gasteiger partial charge in [-0.25, -0.2) is 9.97 Å². The molecule has 0 bridgehead atoms. The summed E-state index contributed by atoms with van der Waals surface area (Å²) in [6, 6.07) is 17.6.